The fourth-order valence-corrected chi connectivity index (χ4v) is 4.16. The van der Waals surface area contributed by atoms with Crippen molar-refractivity contribution in [2.75, 3.05) is 12.4 Å². The van der Waals surface area contributed by atoms with Crippen molar-refractivity contribution in [3.63, 3.8) is 0 Å². The van der Waals surface area contributed by atoms with Crippen molar-refractivity contribution in [3.05, 3.63) is 71.8 Å². The Hall–Kier alpha value is -1.41. The largest absolute Gasteiger partial charge is 0.389 e. The number of ether oxygens (including phenoxy) is 3. The Labute approximate surface area is 171 Å². The van der Waals surface area contributed by atoms with Crippen LogP contribution in [0.5, 0.6) is 0 Å². The van der Waals surface area contributed by atoms with E-state index in [-0.39, 0.29) is 11.5 Å². The van der Waals surface area contributed by atoms with Gasteiger partial charge in [0.25, 0.3) is 0 Å². The maximum Gasteiger partial charge on any atom is 0.121 e. The second-order valence-electron chi connectivity index (χ2n) is 6.83. The van der Waals surface area contributed by atoms with Crippen LogP contribution in [-0.4, -0.2) is 47.3 Å². The van der Waals surface area contributed by atoms with Gasteiger partial charge in [-0.05, 0) is 16.9 Å². The zero-order chi connectivity index (χ0) is 19.8. The molecule has 1 aliphatic rings. The Bertz CT molecular complexity index is 687. The molecule has 28 heavy (non-hydrogen) atoms. The Balaban J connectivity index is 1.63. The molecule has 0 aliphatic carbocycles. The number of hydrogen-bond donors (Lipinski definition) is 2. The van der Waals surface area contributed by atoms with Gasteiger partial charge in [0.2, 0.25) is 0 Å². The lowest BCUT2D eigenvalue weighted by atomic mass is 9.98. The molecule has 0 spiro atoms. The third-order valence-corrected chi connectivity index (χ3v) is 5.82. The van der Waals surface area contributed by atoms with Crippen LogP contribution in [0.4, 0.5) is 0 Å². The average Bonchev–Trinajstić information content (AvgIpc) is 2.73. The van der Waals surface area contributed by atoms with E-state index >= 15 is 0 Å². The lowest BCUT2D eigenvalue weighted by Crippen LogP contribution is -2.61. The van der Waals surface area contributed by atoms with Crippen molar-refractivity contribution < 1.29 is 19.3 Å². The SMILES string of the molecule is CCS[C@@H]1O[C@H](COCc2ccccc2)[C@@H](OCc2ccccc2)[C@H](O)[C@H]1N. The number of aliphatic hydroxyl groups excluding tert-OH is 1. The third-order valence-electron chi connectivity index (χ3n) is 4.73. The maximum absolute atomic E-state index is 10.8. The average molecular weight is 404 g/mol. The van der Waals surface area contributed by atoms with Crippen molar-refractivity contribution in [2.24, 2.45) is 5.73 Å². The molecule has 3 rings (SSSR count). The molecule has 5 atom stereocenters. The normalized spacial score (nSPS) is 27.6. The lowest BCUT2D eigenvalue weighted by Gasteiger charge is -2.43. The van der Waals surface area contributed by atoms with Crippen molar-refractivity contribution in [1.82, 2.24) is 0 Å². The molecule has 0 amide bonds. The van der Waals surface area contributed by atoms with Crippen LogP contribution in [0.3, 0.4) is 0 Å². The van der Waals surface area contributed by atoms with E-state index in [1.165, 1.54) is 0 Å². The number of nitrogens with two attached hydrogens (primary N) is 1. The summed E-state index contributed by atoms with van der Waals surface area (Å²) in [4.78, 5) is 0. The number of hydrogen-bond acceptors (Lipinski definition) is 6. The molecule has 0 unspecified atom stereocenters. The fourth-order valence-electron chi connectivity index (χ4n) is 3.23. The van der Waals surface area contributed by atoms with Crippen LogP contribution >= 0.6 is 11.8 Å². The van der Waals surface area contributed by atoms with Gasteiger partial charge in [-0.1, -0.05) is 67.6 Å². The molecular formula is C22H29NO4S. The summed E-state index contributed by atoms with van der Waals surface area (Å²) >= 11 is 1.60. The summed E-state index contributed by atoms with van der Waals surface area (Å²) in [6.45, 7) is 3.25. The molecule has 0 radical (unpaired) electrons. The first-order chi connectivity index (χ1) is 13.7. The van der Waals surface area contributed by atoms with Crippen LogP contribution in [0.1, 0.15) is 18.1 Å². The van der Waals surface area contributed by atoms with Gasteiger partial charge in [-0.15, -0.1) is 11.8 Å². The molecule has 2 aromatic rings. The van der Waals surface area contributed by atoms with Gasteiger partial charge in [0, 0.05) is 0 Å². The molecule has 0 saturated carbocycles. The first-order valence-electron chi connectivity index (χ1n) is 9.67. The molecule has 1 fully saturated rings. The van der Waals surface area contributed by atoms with Crippen LogP contribution in [0.2, 0.25) is 0 Å². The van der Waals surface area contributed by atoms with Gasteiger partial charge in [0.15, 0.2) is 0 Å². The Kier molecular flexibility index (Phi) is 8.33. The number of rotatable bonds is 9. The molecule has 6 heteroatoms. The van der Waals surface area contributed by atoms with Gasteiger partial charge in [-0.25, -0.2) is 0 Å². The zero-order valence-corrected chi connectivity index (χ0v) is 17.0. The molecule has 1 saturated heterocycles. The number of aliphatic hydroxyl groups is 1. The second kappa shape index (κ2) is 11.0. The second-order valence-corrected chi connectivity index (χ2v) is 8.20. The van der Waals surface area contributed by atoms with Crippen LogP contribution in [0, 0.1) is 0 Å². The van der Waals surface area contributed by atoms with E-state index in [4.69, 9.17) is 19.9 Å². The molecule has 0 bridgehead atoms. The summed E-state index contributed by atoms with van der Waals surface area (Å²) in [6, 6.07) is 19.4. The summed E-state index contributed by atoms with van der Waals surface area (Å²) in [7, 11) is 0. The van der Waals surface area contributed by atoms with Crippen LogP contribution < -0.4 is 5.73 Å². The summed E-state index contributed by atoms with van der Waals surface area (Å²) in [6.07, 6.45) is -1.74. The minimum Gasteiger partial charge on any atom is -0.389 e. The molecule has 3 N–H and O–H groups in total. The molecule has 5 nitrogen and oxygen atoms in total. The number of benzene rings is 2. The van der Waals surface area contributed by atoms with Gasteiger partial charge >= 0.3 is 0 Å². The minimum atomic E-state index is -0.813. The predicted molar refractivity (Wildman–Crippen MR) is 112 cm³/mol. The fraction of sp³-hybridized carbons (Fsp3) is 0.455. The highest BCUT2D eigenvalue weighted by atomic mass is 32.2. The Morgan fingerprint density at radius 3 is 2.21 bits per heavy atom. The first-order valence-corrected chi connectivity index (χ1v) is 10.7. The lowest BCUT2D eigenvalue weighted by molar-refractivity contribution is -0.196. The van der Waals surface area contributed by atoms with Gasteiger partial charge in [0.05, 0.1) is 25.9 Å². The predicted octanol–water partition coefficient (Wildman–Crippen LogP) is 2.95. The van der Waals surface area contributed by atoms with E-state index in [0.717, 1.165) is 16.9 Å². The van der Waals surface area contributed by atoms with Crippen molar-refractivity contribution >= 4 is 11.8 Å². The molecular weight excluding hydrogens is 374 g/mol. The maximum atomic E-state index is 10.8. The topological polar surface area (TPSA) is 73.9 Å². The summed E-state index contributed by atoms with van der Waals surface area (Å²) in [5.74, 6) is 0.859. The monoisotopic (exact) mass is 403 g/mol. The molecule has 0 aromatic heterocycles. The third kappa shape index (κ3) is 5.80. The quantitative estimate of drug-likeness (QED) is 0.671. The van der Waals surface area contributed by atoms with Crippen LogP contribution in [0.25, 0.3) is 0 Å². The van der Waals surface area contributed by atoms with E-state index in [1.54, 1.807) is 11.8 Å². The smallest absolute Gasteiger partial charge is 0.121 e. The number of thioether (sulfide) groups is 1. The van der Waals surface area contributed by atoms with E-state index < -0.39 is 18.2 Å². The highest BCUT2D eigenvalue weighted by Crippen LogP contribution is 2.29. The first kappa shape index (κ1) is 21.3. The molecule has 152 valence electrons. The minimum absolute atomic E-state index is 0.276. The highest BCUT2D eigenvalue weighted by Gasteiger charge is 2.44. The van der Waals surface area contributed by atoms with E-state index in [2.05, 4.69) is 0 Å². The molecule has 1 heterocycles. The molecule has 1 aliphatic heterocycles. The summed E-state index contributed by atoms with van der Waals surface area (Å²) in [5, 5.41) is 10.8. The van der Waals surface area contributed by atoms with Crippen LogP contribution in [0.15, 0.2) is 60.7 Å². The van der Waals surface area contributed by atoms with Crippen LogP contribution in [-0.2, 0) is 27.4 Å². The Morgan fingerprint density at radius 1 is 1.00 bits per heavy atom. The van der Waals surface area contributed by atoms with Crippen molar-refractivity contribution in [2.45, 2.75) is 49.9 Å². The highest BCUT2D eigenvalue weighted by molar-refractivity contribution is 7.99. The molecule has 2 aromatic carbocycles. The van der Waals surface area contributed by atoms with Gasteiger partial charge in [0.1, 0.15) is 23.7 Å². The van der Waals surface area contributed by atoms with Gasteiger partial charge < -0.3 is 25.1 Å². The van der Waals surface area contributed by atoms with Crippen molar-refractivity contribution in [3.8, 4) is 0 Å². The van der Waals surface area contributed by atoms with E-state index in [0.29, 0.717) is 19.8 Å². The van der Waals surface area contributed by atoms with E-state index in [9.17, 15) is 5.11 Å². The summed E-state index contributed by atoms with van der Waals surface area (Å²) < 4.78 is 18.1. The zero-order valence-electron chi connectivity index (χ0n) is 16.1. The van der Waals surface area contributed by atoms with Crippen molar-refractivity contribution in [1.29, 1.82) is 0 Å². The van der Waals surface area contributed by atoms with E-state index in [1.807, 2.05) is 67.6 Å². The van der Waals surface area contributed by atoms with Gasteiger partial charge in [-0.2, -0.15) is 0 Å². The summed E-state index contributed by atoms with van der Waals surface area (Å²) in [5.41, 5.74) is 8.09. The Morgan fingerprint density at radius 2 is 1.61 bits per heavy atom. The van der Waals surface area contributed by atoms with Gasteiger partial charge in [-0.3, -0.25) is 0 Å². The standard InChI is InChI=1S/C22H29NO4S/c1-2-28-22-19(23)20(24)21(26-14-17-11-7-4-8-12-17)18(27-22)15-25-13-16-9-5-3-6-10-16/h3-12,18-22,24H,2,13-15,23H2,1H3/t18-,19-,20-,21-,22+/m1/s1.